The number of rotatable bonds is 5. The van der Waals surface area contributed by atoms with Gasteiger partial charge in [-0.25, -0.2) is 9.18 Å². The molecule has 1 rings (SSSR count). The molecule has 4 nitrogen and oxygen atoms in total. The number of amides is 1. The number of alkyl carbamates (subject to hydrolysis) is 1. The Kier molecular flexibility index (Phi) is 6.28. The molecule has 0 saturated heterocycles. The molecule has 0 aliphatic carbocycles. The predicted molar refractivity (Wildman–Crippen MR) is 84.4 cm³/mol. The van der Waals surface area contributed by atoms with Crippen LogP contribution in [-0.2, 0) is 4.74 Å². The third-order valence-corrected chi connectivity index (χ3v) is 2.83. The van der Waals surface area contributed by atoms with Crippen LogP contribution in [0, 0.1) is 12.7 Å². The van der Waals surface area contributed by atoms with Crippen LogP contribution >= 0.6 is 0 Å². The normalized spacial score (nSPS) is 11.5. The minimum absolute atomic E-state index is 0.0522. The third-order valence-electron chi connectivity index (χ3n) is 2.83. The van der Waals surface area contributed by atoms with Crippen LogP contribution in [0.3, 0.4) is 0 Å². The first kappa shape index (κ1) is 17.9. The van der Waals surface area contributed by atoms with Gasteiger partial charge >= 0.3 is 6.09 Å². The van der Waals surface area contributed by atoms with E-state index in [2.05, 4.69) is 5.32 Å². The van der Waals surface area contributed by atoms with Crippen LogP contribution in [-0.4, -0.2) is 24.5 Å². The van der Waals surface area contributed by atoms with Gasteiger partial charge in [-0.1, -0.05) is 18.2 Å². The number of carbonyl (C=O) groups excluding carboxylic acids is 2. The largest absolute Gasteiger partial charge is 0.444 e. The molecule has 1 N–H and O–H groups in total. The van der Waals surface area contributed by atoms with E-state index < -0.39 is 17.5 Å². The topological polar surface area (TPSA) is 55.4 Å². The molecule has 22 heavy (non-hydrogen) atoms. The summed E-state index contributed by atoms with van der Waals surface area (Å²) in [5.74, 6) is -0.535. The number of hydrogen-bond acceptors (Lipinski definition) is 3. The molecule has 5 heteroatoms. The van der Waals surface area contributed by atoms with E-state index in [9.17, 15) is 14.0 Å². The fourth-order valence-electron chi connectivity index (χ4n) is 1.83. The zero-order chi connectivity index (χ0) is 16.8. The van der Waals surface area contributed by atoms with Crippen LogP contribution < -0.4 is 5.32 Å². The summed E-state index contributed by atoms with van der Waals surface area (Å²) in [5, 5.41) is 2.62. The lowest BCUT2D eigenvalue weighted by Gasteiger charge is -2.19. The number of ether oxygens (including phenoxy) is 1. The van der Waals surface area contributed by atoms with Gasteiger partial charge in [0.1, 0.15) is 11.4 Å². The Balaban J connectivity index is 2.56. The molecule has 0 unspecified atom stereocenters. The Morgan fingerprint density at radius 3 is 2.59 bits per heavy atom. The van der Waals surface area contributed by atoms with Crippen molar-refractivity contribution in [3.05, 3.63) is 40.7 Å². The fourth-order valence-corrected chi connectivity index (χ4v) is 1.83. The quantitative estimate of drug-likeness (QED) is 0.663. The molecule has 120 valence electrons. The molecule has 0 fully saturated rings. The molecule has 0 spiro atoms. The van der Waals surface area contributed by atoms with Crippen LogP contribution in [0.5, 0.6) is 0 Å². The standard InChI is InChI=1S/C17H22FNO3/c1-12-8-9-15(18)14(11-20)13(12)7-5-6-10-19-16(21)22-17(2,3)4/h5,7-9,11H,6,10H2,1-4H3,(H,19,21). The van der Waals surface area contributed by atoms with Crippen LogP contribution in [0.2, 0.25) is 0 Å². The molecular weight excluding hydrogens is 285 g/mol. The van der Waals surface area contributed by atoms with Gasteiger partial charge in [-0.05, 0) is 51.3 Å². The predicted octanol–water partition coefficient (Wildman–Crippen LogP) is 3.87. The number of aryl methyl sites for hydroxylation is 1. The summed E-state index contributed by atoms with van der Waals surface area (Å²) in [5.41, 5.74) is 0.903. The van der Waals surface area contributed by atoms with Crippen molar-refractivity contribution < 1.29 is 18.7 Å². The van der Waals surface area contributed by atoms with Crippen molar-refractivity contribution in [2.75, 3.05) is 6.54 Å². The fraction of sp³-hybridized carbons (Fsp3) is 0.412. The molecule has 0 atom stereocenters. The molecule has 0 aromatic heterocycles. The number of halogens is 1. The van der Waals surface area contributed by atoms with Crippen molar-refractivity contribution >= 4 is 18.5 Å². The second kappa shape index (κ2) is 7.73. The molecule has 0 radical (unpaired) electrons. The smallest absolute Gasteiger partial charge is 0.407 e. The van der Waals surface area contributed by atoms with Crippen molar-refractivity contribution in [3.63, 3.8) is 0 Å². The monoisotopic (exact) mass is 307 g/mol. The Morgan fingerprint density at radius 1 is 1.32 bits per heavy atom. The van der Waals surface area contributed by atoms with E-state index in [1.54, 1.807) is 39.0 Å². The maximum atomic E-state index is 13.5. The molecule has 0 aliphatic heterocycles. The average Bonchev–Trinajstić information content (AvgIpc) is 2.40. The van der Waals surface area contributed by atoms with Crippen LogP contribution in [0.4, 0.5) is 9.18 Å². The minimum atomic E-state index is -0.535. The number of nitrogens with one attached hydrogen (secondary N) is 1. The number of aldehydes is 1. The SMILES string of the molecule is Cc1ccc(F)c(C=O)c1C=CCCNC(=O)OC(C)(C)C. The summed E-state index contributed by atoms with van der Waals surface area (Å²) < 4.78 is 18.6. The summed E-state index contributed by atoms with van der Waals surface area (Å²) in [4.78, 5) is 22.4. The van der Waals surface area contributed by atoms with Gasteiger partial charge in [-0.15, -0.1) is 0 Å². The summed E-state index contributed by atoms with van der Waals surface area (Å²) in [7, 11) is 0. The first-order chi connectivity index (χ1) is 10.2. The van der Waals surface area contributed by atoms with E-state index in [0.29, 0.717) is 24.8 Å². The highest BCUT2D eigenvalue weighted by molar-refractivity contribution is 5.83. The van der Waals surface area contributed by atoms with Gasteiger partial charge in [-0.3, -0.25) is 4.79 Å². The van der Waals surface area contributed by atoms with Gasteiger partial charge in [-0.2, -0.15) is 0 Å². The summed E-state index contributed by atoms with van der Waals surface area (Å²) in [6, 6.07) is 2.90. The van der Waals surface area contributed by atoms with E-state index in [1.807, 2.05) is 6.92 Å². The van der Waals surface area contributed by atoms with Gasteiger partial charge < -0.3 is 10.1 Å². The molecule has 0 heterocycles. The zero-order valence-electron chi connectivity index (χ0n) is 13.4. The van der Waals surface area contributed by atoms with Gasteiger partial charge in [0.2, 0.25) is 0 Å². The molecule has 0 saturated carbocycles. The second-order valence-corrected chi connectivity index (χ2v) is 5.93. The Labute approximate surface area is 130 Å². The molecule has 0 bridgehead atoms. The summed E-state index contributed by atoms with van der Waals surface area (Å²) in [6.45, 7) is 7.59. The van der Waals surface area contributed by atoms with Crippen molar-refractivity contribution in [3.8, 4) is 0 Å². The van der Waals surface area contributed by atoms with Gasteiger partial charge in [0.05, 0.1) is 5.56 Å². The lowest BCUT2D eigenvalue weighted by atomic mass is 10.0. The number of benzene rings is 1. The maximum absolute atomic E-state index is 13.5. The highest BCUT2D eigenvalue weighted by atomic mass is 19.1. The Bertz CT molecular complexity index is 574. The van der Waals surface area contributed by atoms with Crippen LogP contribution in [0.25, 0.3) is 6.08 Å². The molecular formula is C17H22FNO3. The third kappa shape index (κ3) is 5.68. The molecule has 1 aromatic carbocycles. The minimum Gasteiger partial charge on any atom is -0.444 e. The first-order valence-electron chi connectivity index (χ1n) is 7.12. The molecule has 1 aromatic rings. The van der Waals surface area contributed by atoms with Crippen molar-refractivity contribution in [1.82, 2.24) is 5.32 Å². The lowest BCUT2D eigenvalue weighted by molar-refractivity contribution is 0.0528. The van der Waals surface area contributed by atoms with E-state index in [-0.39, 0.29) is 5.56 Å². The first-order valence-corrected chi connectivity index (χ1v) is 7.12. The zero-order valence-corrected chi connectivity index (χ0v) is 13.4. The maximum Gasteiger partial charge on any atom is 0.407 e. The summed E-state index contributed by atoms with van der Waals surface area (Å²) in [6.07, 6.45) is 4.07. The lowest BCUT2D eigenvalue weighted by Crippen LogP contribution is -2.32. The highest BCUT2D eigenvalue weighted by Gasteiger charge is 2.15. The Hall–Kier alpha value is -2.17. The number of carbonyl (C=O) groups is 2. The van der Waals surface area contributed by atoms with E-state index in [4.69, 9.17) is 4.74 Å². The van der Waals surface area contributed by atoms with Crippen LogP contribution in [0.15, 0.2) is 18.2 Å². The van der Waals surface area contributed by atoms with Gasteiger partial charge in [0, 0.05) is 6.54 Å². The van der Waals surface area contributed by atoms with Gasteiger partial charge in [0.25, 0.3) is 0 Å². The van der Waals surface area contributed by atoms with Crippen molar-refractivity contribution in [2.24, 2.45) is 0 Å². The molecule has 0 aliphatic rings. The average molecular weight is 307 g/mol. The van der Waals surface area contributed by atoms with Crippen LogP contribution in [0.1, 0.15) is 48.7 Å². The second-order valence-electron chi connectivity index (χ2n) is 5.93. The number of hydrogen-bond donors (Lipinski definition) is 1. The van der Waals surface area contributed by atoms with E-state index in [1.165, 1.54) is 6.07 Å². The highest BCUT2D eigenvalue weighted by Crippen LogP contribution is 2.18. The van der Waals surface area contributed by atoms with E-state index in [0.717, 1.165) is 5.56 Å². The summed E-state index contributed by atoms with van der Waals surface area (Å²) >= 11 is 0. The Morgan fingerprint density at radius 2 is 2.00 bits per heavy atom. The van der Waals surface area contributed by atoms with Crippen molar-refractivity contribution in [1.29, 1.82) is 0 Å². The van der Waals surface area contributed by atoms with Gasteiger partial charge in [0.15, 0.2) is 6.29 Å². The molecule has 1 amide bonds. The van der Waals surface area contributed by atoms with Crippen molar-refractivity contribution in [2.45, 2.75) is 39.7 Å². The van der Waals surface area contributed by atoms with E-state index >= 15 is 0 Å².